The molecule has 4 rings (SSSR count). The van der Waals surface area contributed by atoms with E-state index in [9.17, 15) is 9.59 Å². The van der Waals surface area contributed by atoms with Gasteiger partial charge in [0.1, 0.15) is 5.75 Å². The van der Waals surface area contributed by atoms with Gasteiger partial charge in [0, 0.05) is 30.1 Å². The number of nitrogens with zero attached hydrogens (tertiary/aromatic N) is 2. The smallest absolute Gasteiger partial charge is 0.249 e. The molecule has 1 aliphatic rings. The highest BCUT2D eigenvalue weighted by Crippen LogP contribution is 2.42. The van der Waals surface area contributed by atoms with Crippen LogP contribution >= 0.6 is 23.2 Å². The lowest BCUT2D eigenvalue weighted by molar-refractivity contribution is -0.117. The minimum Gasteiger partial charge on any atom is -0.465 e. The third kappa shape index (κ3) is 4.51. The van der Waals surface area contributed by atoms with E-state index < -0.39 is 5.91 Å². The van der Waals surface area contributed by atoms with Gasteiger partial charge in [-0.1, -0.05) is 47.5 Å². The Kier molecular flexibility index (Phi) is 6.28. The van der Waals surface area contributed by atoms with Crippen LogP contribution < -0.4 is 15.4 Å². The molecule has 8 heteroatoms. The molecule has 0 unspecified atom stereocenters. The van der Waals surface area contributed by atoms with Gasteiger partial charge in [-0.25, -0.2) is 4.85 Å². The number of amides is 2. The monoisotopic (exact) mass is 479 g/mol. The van der Waals surface area contributed by atoms with Gasteiger partial charge < -0.3 is 15.4 Å². The summed E-state index contributed by atoms with van der Waals surface area (Å²) in [5.74, 6) is -0.115. The number of carbonyl (C=O) groups excluding carboxylic acids is 2. The molecule has 166 valence electrons. The largest absolute Gasteiger partial charge is 0.465 e. The summed E-state index contributed by atoms with van der Waals surface area (Å²) >= 11 is 12.6. The SMILES string of the molecule is [C-]#[N+]c1cccc(Cl)c1Oc1cc([C@H]2CC(=O)N(c3ccc(C)c(C(N)=O)c3)C2)ccc1Cl. The molecule has 1 fully saturated rings. The lowest BCUT2D eigenvalue weighted by atomic mass is 9.98. The van der Waals surface area contributed by atoms with Gasteiger partial charge in [0.05, 0.1) is 16.6 Å². The van der Waals surface area contributed by atoms with Crippen LogP contribution in [0.3, 0.4) is 0 Å². The summed E-state index contributed by atoms with van der Waals surface area (Å²) in [6.07, 6.45) is 0.292. The van der Waals surface area contributed by atoms with E-state index in [1.54, 1.807) is 54.3 Å². The first-order chi connectivity index (χ1) is 15.8. The molecule has 1 aliphatic heterocycles. The van der Waals surface area contributed by atoms with Gasteiger partial charge in [-0.3, -0.25) is 9.59 Å². The first kappa shape index (κ1) is 22.7. The molecule has 1 saturated heterocycles. The van der Waals surface area contributed by atoms with Crippen LogP contribution in [-0.4, -0.2) is 18.4 Å². The molecule has 0 saturated carbocycles. The van der Waals surface area contributed by atoms with Gasteiger partial charge in [-0.2, -0.15) is 0 Å². The van der Waals surface area contributed by atoms with Gasteiger partial charge in [0.2, 0.25) is 17.5 Å². The van der Waals surface area contributed by atoms with Crippen LogP contribution in [-0.2, 0) is 4.79 Å². The van der Waals surface area contributed by atoms with E-state index in [0.717, 1.165) is 11.1 Å². The zero-order valence-electron chi connectivity index (χ0n) is 17.6. The Bertz CT molecular complexity index is 1320. The molecule has 1 atom stereocenters. The molecule has 33 heavy (non-hydrogen) atoms. The van der Waals surface area contributed by atoms with Crippen LogP contribution in [0.4, 0.5) is 11.4 Å². The van der Waals surface area contributed by atoms with Crippen molar-refractivity contribution < 1.29 is 14.3 Å². The molecule has 3 aromatic carbocycles. The number of rotatable bonds is 5. The third-order valence-corrected chi connectivity index (χ3v) is 6.24. The minimum atomic E-state index is -0.532. The summed E-state index contributed by atoms with van der Waals surface area (Å²) in [6, 6.07) is 15.5. The quantitative estimate of drug-likeness (QED) is 0.438. The number of hydrogen-bond donors (Lipinski definition) is 1. The van der Waals surface area contributed by atoms with Crippen molar-refractivity contribution in [3.8, 4) is 11.5 Å². The number of ether oxygens (including phenoxy) is 1. The van der Waals surface area contributed by atoms with Crippen LogP contribution in [0.5, 0.6) is 11.5 Å². The number of halogens is 2. The average molecular weight is 480 g/mol. The van der Waals surface area contributed by atoms with E-state index >= 15 is 0 Å². The second-order valence-corrected chi connectivity index (χ2v) is 8.58. The Morgan fingerprint density at radius 1 is 1.15 bits per heavy atom. The van der Waals surface area contributed by atoms with Gasteiger partial charge in [0.25, 0.3) is 0 Å². The number of carbonyl (C=O) groups is 2. The summed E-state index contributed by atoms with van der Waals surface area (Å²) in [7, 11) is 0. The normalized spacial score (nSPS) is 15.4. The molecule has 0 aromatic heterocycles. The zero-order chi connectivity index (χ0) is 23.7. The standard InChI is InChI=1S/C25H19Cl2N3O3/c1-14-6-8-17(12-18(14)25(28)32)30-13-16(11-23(30)31)15-7-9-19(26)22(10-15)33-24-20(27)4-3-5-21(24)29-2/h3-10,12,16H,11,13H2,1H3,(H2,28,32)/t16-/m0/s1. The third-order valence-electron chi connectivity index (χ3n) is 5.63. The maximum atomic E-state index is 12.8. The Morgan fingerprint density at radius 2 is 1.94 bits per heavy atom. The molecule has 3 aromatic rings. The van der Waals surface area contributed by atoms with Crippen LogP contribution in [0.2, 0.25) is 10.0 Å². The number of aryl methyl sites for hydroxylation is 1. The van der Waals surface area contributed by atoms with E-state index in [1.807, 2.05) is 12.1 Å². The first-order valence-electron chi connectivity index (χ1n) is 10.1. The van der Waals surface area contributed by atoms with Crippen molar-refractivity contribution in [1.29, 1.82) is 0 Å². The first-order valence-corrected chi connectivity index (χ1v) is 10.9. The second-order valence-electron chi connectivity index (χ2n) is 7.76. The number of primary amides is 1. The van der Waals surface area contributed by atoms with Gasteiger partial charge in [-0.05, 0) is 48.4 Å². The molecule has 0 bridgehead atoms. The number of hydrogen-bond acceptors (Lipinski definition) is 3. The highest BCUT2D eigenvalue weighted by atomic mass is 35.5. The maximum absolute atomic E-state index is 12.8. The highest BCUT2D eigenvalue weighted by Gasteiger charge is 2.32. The fraction of sp³-hybridized carbons (Fsp3) is 0.160. The molecular weight excluding hydrogens is 461 g/mol. The molecule has 2 N–H and O–H groups in total. The minimum absolute atomic E-state index is 0.0573. The molecule has 0 radical (unpaired) electrons. The fourth-order valence-corrected chi connectivity index (χ4v) is 4.24. The summed E-state index contributed by atoms with van der Waals surface area (Å²) < 4.78 is 5.93. The van der Waals surface area contributed by atoms with E-state index in [0.29, 0.717) is 40.0 Å². The van der Waals surface area contributed by atoms with Crippen molar-refractivity contribution in [2.45, 2.75) is 19.3 Å². The average Bonchev–Trinajstić information content (AvgIpc) is 3.18. The highest BCUT2D eigenvalue weighted by molar-refractivity contribution is 6.33. The van der Waals surface area contributed by atoms with Gasteiger partial charge in [-0.15, -0.1) is 0 Å². The van der Waals surface area contributed by atoms with Crippen molar-refractivity contribution >= 4 is 46.4 Å². The maximum Gasteiger partial charge on any atom is 0.249 e. The van der Waals surface area contributed by atoms with E-state index in [4.69, 9.17) is 40.2 Å². The number of benzene rings is 3. The molecule has 1 heterocycles. The second kappa shape index (κ2) is 9.14. The Labute approximate surface area is 201 Å². The molecular formula is C25H19Cl2N3O3. The lowest BCUT2D eigenvalue weighted by Crippen LogP contribution is -2.25. The van der Waals surface area contributed by atoms with Crippen molar-refractivity contribution in [3.63, 3.8) is 0 Å². The van der Waals surface area contributed by atoms with Crippen molar-refractivity contribution in [1.82, 2.24) is 0 Å². The predicted molar refractivity (Wildman–Crippen MR) is 129 cm³/mol. The Balaban J connectivity index is 1.62. The van der Waals surface area contributed by atoms with Crippen molar-refractivity contribution in [3.05, 3.63) is 92.8 Å². The predicted octanol–water partition coefficient (Wildman–Crippen LogP) is 6.26. The summed E-state index contributed by atoms with van der Waals surface area (Å²) in [5.41, 5.74) is 8.38. The van der Waals surface area contributed by atoms with Gasteiger partial charge in [0.15, 0.2) is 5.75 Å². The summed E-state index contributed by atoms with van der Waals surface area (Å²) in [6.45, 7) is 9.57. The molecule has 0 spiro atoms. The number of anilines is 1. The van der Waals surface area contributed by atoms with Crippen LogP contribution in [0.25, 0.3) is 4.85 Å². The molecule has 6 nitrogen and oxygen atoms in total. The lowest BCUT2D eigenvalue weighted by Gasteiger charge is -2.19. The van der Waals surface area contributed by atoms with E-state index in [1.165, 1.54) is 0 Å². The fourth-order valence-electron chi connectivity index (χ4n) is 3.87. The van der Waals surface area contributed by atoms with Crippen molar-refractivity contribution in [2.75, 3.05) is 11.4 Å². The van der Waals surface area contributed by atoms with Crippen LogP contribution in [0, 0.1) is 13.5 Å². The Morgan fingerprint density at radius 3 is 2.67 bits per heavy atom. The number of nitrogens with two attached hydrogens (primary N) is 1. The Hall–Kier alpha value is -3.53. The van der Waals surface area contributed by atoms with Crippen LogP contribution in [0.15, 0.2) is 54.6 Å². The number of para-hydroxylation sites is 1. The summed E-state index contributed by atoms with van der Waals surface area (Å²) in [4.78, 5) is 29.6. The molecule has 0 aliphatic carbocycles. The van der Waals surface area contributed by atoms with Crippen molar-refractivity contribution in [2.24, 2.45) is 5.73 Å². The van der Waals surface area contributed by atoms with Crippen LogP contribution in [0.1, 0.15) is 33.8 Å². The zero-order valence-corrected chi connectivity index (χ0v) is 19.2. The van der Waals surface area contributed by atoms with E-state index in [-0.39, 0.29) is 23.3 Å². The topological polar surface area (TPSA) is 77.0 Å². The van der Waals surface area contributed by atoms with E-state index in [2.05, 4.69) is 4.85 Å². The summed E-state index contributed by atoms with van der Waals surface area (Å²) in [5, 5.41) is 0.664. The van der Waals surface area contributed by atoms with Gasteiger partial charge >= 0.3 is 0 Å². The molecule has 2 amide bonds.